The van der Waals surface area contributed by atoms with Crippen LogP contribution in [0.3, 0.4) is 0 Å². The van der Waals surface area contributed by atoms with Gasteiger partial charge >= 0.3 is 0 Å². The second-order valence-corrected chi connectivity index (χ2v) is 15.2. The van der Waals surface area contributed by atoms with Crippen molar-refractivity contribution in [1.29, 1.82) is 0 Å². The molecule has 4 rings (SSSR count). The highest BCUT2D eigenvalue weighted by Crippen LogP contribution is 2.32. The summed E-state index contributed by atoms with van der Waals surface area (Å²) in [7, 11) is -1.51. The average molecular weight is 410 g/mol. The Bertz CT molecular complexity index is 1190. The molecule has 152 valence electrons. The van der Waals surface area contributed by atoms with Crippen LogP contribution in [0.5, 0.6) is 0 Å². The number of rotatable bonds is 3. The molecular weight excluding hydrogens is 378 g/mol. The number of nitrogens with zero attached hydrogens (tertiary/aromatic N) is 1. The summed E-state index contributed by atoms with van der Waals surface area (Å²) in [6.07, 6.45) is 0. The van der Waals surface area contributed by atoms with Crippen molar-refractivity contribution >= 4 is 24.2 Å². The van der Waals surface area contributed by atoms with Gasteiger partial charge in [0.05, 0.1) is 19.3 Å². The van der Waals surface area contributed by atoms with Crippen LogP contribution in [0.4, 0.5) is 0 Å². The van der Waals surface area contributed by atoms with E-state index in [0.29, 0.717) is 0 Å². The molecule has 0 fully saturated rings. The van der Waals surface area contributed by atoms with Gasteiger partial charge in [0, 0.05) is 10.9 Å². The molecule has 0 N–H and O–H groups in total. The lowest BCUT2D eigenvalue weighted by Crippen LogP contribution is -2.39. The van der Waals surface area contributed by atoms with E-state index in [0.717, 1.165) is 11.2 Å². The number of fused-ring (bicyclic) bond motifs is 1. The van der Waals surface area contributed by atoms with Gasteiger partial charge in [0.15, 0.2) is 0 Å². The summed E-state index contributed by atoms with van der Waals surface area (Å²) in [6, 6.07) is 28.6. The molecule has 0 aliphatic rings. The van der Waals surface area contributed by atoms with E-state index in [1.807, 2.05) is 0 Å². The van der Waals surface area contributed by atoms with Gasteiger partial charge in [0.2, 0.25) is 0 Å². The van der Waals surface area contributed by atoms with Crippen LogP contribution < -0.4 is 5.19 Å². The maximum Gasteiger partial charge on any atom is 0.0784 e. The fourth-order valence-electron chi connectivity index (χ4n) is 4.05. The van der Waals surface area contributed by atoms with Gasteiger partial charge in [0.25, 0.3) is 0 Å². The van der Waals surface area contributed by atoms with E-state index in [1.165, 1.54) is 32.8 Å². The van der Waals surface area contributed by atoms with Gasteiger partial charge in [-0.15, -0.1) is 0 Å². The topological polar surface area (TPSA) is 12.9 Å². The first-order valence-electron chi connectivity index (χ1n) is 10.8. The van der Waals surface area contributed by atoms with E-state index in [-0.39, 0.29) is 5.41 Å². The highest BCUT2D eigenvalue weighted by Gasteiger charge is 2.23. The summed E-state index contributed by atoms with van der Waals surface area (Å²) in [6.45, 7) is 14.0. The van der Waals surface area contributed by atoms with Crippen molar-refractivity contribution in [3.63, 3.8) is 0 Å². The van der Waals surface area contributed by atoms with Gasteiger partial charge in [-0.3, -0.25) is 0 Å². The van der Waals surface area contributed by atoms with Crippen LogP contribution in [0, 0.1) is 0 Å². The second-order valence-electron chi connectivity index (χ2n) is 10.2. The van der Waals surface area contributed by atoms with Gasteiger partial charge < -0.3 is 0 Å². The SMILES string of the molecule is CC(C)(C)c1cccc(-c2ccc3c(-c4ccccc4)c([Si](C)(C)C)ccc3n2)c1. The third kappa shape index (κ3) is 3.97. The fraction of sp³-hybridized carbons (Fsp3) is 0.250. The van der Waals surface area contributed by atoms with Crippen molar-refractivity contribution in [2.24, 2.45) is 0 Å². The molecule has 1 aromatic heterocycles. The molecule has 3 aromatic carbocycles. The van der Waals surface area contributed by atoms with Crippen LogP contribution in [-0.4, -0.2) is 13.1 Å². The molecule has 1 heterocycles. The summed E-state index contributed by atoms with van der Waals surface area (Å²) in [4.78, 5) is 5.09. The molecule has 0 radical (unpaired) electrons. The Balaban J connectivity index is 1.92. The first kappa shape index (κ1) is 20.6. The highest BCUT2D eigenvalue weighted by atomic mass is 28.3. The molecule has 0 unspecified atom stereocenters. The number of pyridine rings is 1. The predicted octanol–water partition coefficient (Wildman–Crippen LogP) is 7.41. The van der Waals surface area contributed by atoms with Crippen LogP contribution in [0.2, 0.25) is 19.6 Å². The van der Waals surface area contributed by atoms with E-state index in [2.05, 4.69) is 119 Å². The van der Waals surface area contributed by atoms with Crippen LogP contribution in [0.25, 0.3) is 33.3 Å². The molecule has 0 aliphatic carbocycles. The third-order valence-electron chi connectivity index (χ3n) is 5.77. The molecular formula is C28H31NSi. The second kappa shape index (κ2) is 7.52. The summed E-state index contributed by atoms with van der Waals surface area (Å²) >= 11 is 0. The van der Waals surface area contributed by atoms with Gasteiger partial charge in [-0.25, -0.2) is 4.98 Å². The summed E-state index contributed by atoms with van der Waals surface area (Å²) in [5.41, 5.74) is 7.38. The lowest BCUT2D eigenvalue weighted by Gasteiger charge is -2.23. The zero-order valence-electron chi connectivity index (χ0n) is 19.0. The van der Waals surface area contributed by atoms with Crippen LogP contribution in [0.1, 0.15) is 26.3 Å². The summed E-state index contributed by atoms with van der Waals surface area (Å²) < 4.78 is 0. The molecule has 1 nitrogen and oxygen atoms in total. The van der Waals surface area contributed by atoms with Crippen molar-refractivity contribution in [3.05, 3.63) is 84.4 Å². The van der Waals surface area contributed by atoms with Crippen molar-refractivity contribution in [2.75, 3.05) is 0 Å². The minimum atomic E-state index is -1.51. The molecule has 30 heavy (non-hydrogen) atoms. The van der Waals surface area contributed by atoms with Crippen LogP contribution in [0.15, 0.2) is 78.9 Å². The Morgan fingerprint density at radius 1 is 0.700 bits per heavy atom. The highest BCUT2D eigenvalue weighted by molar-refractivity contribution is 6.90. The Labute approximate surface area is 181 Å². The average Bonchev–Trinajstić information content (AvgIpc) is 2.72. The Hall–Kier alpha value is -2.71. The molecule has 4 aromatic rings. The first-order valence-corrected chi connectivity index (χ1v) is 14.3. The molecule has 0 saturated heterocycles. The molecule has 0 aliphatic heterocycles. The Morgan fingerprint density at radius 2 is 1.40 bits per heavy atom. The van der Waals surface area contributed by atoms with Gasteiger partial charge in [0.1, 0.15) is 0 Å². The monoisotopic (exact) mass is 409 g/mol. The van der Waals surface area contributed by atoms with Gasteiger partial charge in [-0.05, 0) is 40.3 Å². The zero-order valence-corrected chi connectivity index (χ0v) is 20.0. The molecule has 0 amide bonds. The minimum Gasteiger partial charge on any atom is -0.248 e. The van der Waals surface area contributed by atoms with Crippen molar-refractivity contribution in [1.82, 2.24) is 4.98 Å². The number of aromatic nitrogens is 1. The van der Waals surface area contributed by atoms with Gasteiger partial charge in [-0.1, -0.05) is 106 Å². The largest absolute Gasteiger partial charge is 0.248 e. The number of hydrogen-bond acceptors (Lipinski definition) is 1. The smallest absolute Gasteiger partial charge is 0.0784 e. The van der Waals surface area contributed by atoms with E-state index in [1.54, 1.807) is 0 Å². The van der Waals surface area contributed by atoms with Crippen molar-refractivity contribution < 1.29 is 0 Å². The van der Waals surface area contributed by atoms with E-state index < -0.39 is 8.07 Å². The number of benzene rings is 3. The summed E-state index contributed by atoms with van der Waals surface area (Å²) in [5, 5.41) is 2.74. The summed E-state index contributed by atoms with van der Waals surface area (Å²) in [5.74, 6) is 0. The number of hydrogen-bond donors (Lipinski definition) is 0. The maximum atomic E-state index is 5.09. The molecule has 0 bridgehead atoms. The standard InChI is InChI=1S/C28H31NSi/c1-28(2,3)22-14-10-13-21(19-22)24-16-15-23-25(29-24)17-18-26(30(4,5)6)27(23)20-11-8-7-9-12-20/h7-19H,1-6H3. The lowest BCUT2D eigenvalue weighted by atomic mass is 9.86. The first-order chi connectivity index (χ1) is 14.1. The Kier molecular flexibility index (Phi) is 5.15. The fourth-order valence-corrected chi connectivity index (χ4v) is 5.66. The normalized spacial score (nSPS) is 12.3. The van der Waals surface area contributed by atoms with Crippen LogP contribution >= 0.6 is 0 Å². The predicted molar refractivity (Wildman–Crippen MR) is 134 cm³/mol. The molecule has 0 saturated carbocycles. The molecule has 0 spiro atoms. The zero-order chi connectivity index (χ0) is 21.5. The third-order valence-corrected chi connectivity index (χ3v) is 7.80. The van der Waals surface area contributed by atoms with Crippen molar-refractivity contribution in [2.45, 2.75) is 45.8 Å². The Morgan fingerprint density at radius 3 is 2.07 bits per heavy atom. The molecule has 0 atom stereocenters. The van der Waals surface area contributed by atoms with Crippen molar-refractivity contribution in [3.8, 4) is 22.4 Å². The van der Waals surface area contributed by atoms with Gasteiger partial charge in [-0.2, -0.15) is 0 Å². The quantitative estimate of drug-likeness (QED) is 0.321. The van der Waals surface area contributed by atoms with E-state index >= 15 is 0 Å². The van der Waals surface area contributed by atoms with E-state index in [9.17, 15) is 0 Å². The lowest BCUT2D eigenvalue weighted by molar-refractivity contribution is 0.590. The molecule has 2 heteroatoms. The maximum absolute atomic E-state index is 5.09. The van der Waals surface area contributed by atoms with Crippen LogP contribution in [-0.2, 0) is 5.41 Å². The van der Waals surface area contributed by atoms with E-state index in [4.69, 9.17) is 4.98 Å². The minimum absolute atomic E-state index is 0.125.